The van der Waals surface area contributed by atoms with Gasteiger partial charge in [-0.1, -0.05) is 32.8 Å². The number of sulfonamides is 1. The second kappa shape index (κ2) is 7.15. The van der Waals surface area contributed by atoms with E-state index >= 15 is 0 Å². The Balaban J connectivity index is 3.08. The van der Waals surface area contributed by atoms with E-state index < -0.39 is 22.4 Å². The van der Waals surface area contributed by atoms with E-state index in [0.717, 1.165) is 25.0 Å². The van der Waals surface area contributed by atoms with Crippen molar-refractivity contribution in [3.05, 3.63) is 29.6 Å². The zero-order valence-corrected chi connectivity index (χ0v) is 12.9. The van der Waals surface area contributed by atoms with Crippen LogP contribution in [0.5, 0.6) is 0 Å². The lowest BCUT2D eigenvalue weighted by molar-refractivity contribution is 0.278. The van der Waals surface area contributed by atoms with Gasteiger partial charge in [-0.05, 0) is 30.5 Å². The van der Waals surface area contributed by atoms with Crippen LogP contribution in [-0.4, -0.2) is 19.6 Å². The van der Waals surface area contributed by atoms with Crippen LogP contribution >= 0.6 is 0 Å². The Morgan fingerprint density at radius 1 is 1.30 bits per heavy atom. The summed E-state index contributed by atoms with van der Waals surface area (Å²) in [6, 6.07) is 3.11. The lowest BCUT2D eigenvalue weighted by atomic mass is 9.96. The van der Waals surface area contributed by atoms with Crippen molar-refractivity contribution < 1.29 is 17.9 Å². The highest BCUT2D eigenvalue weighted by Crippen LogP contribution is 2.20. The van der Waals surface area contributed by atoms with Gasteiger partial charge in [-0.15, -0.1) is 0 Å². The van der Waals surface area contributed by atoms with Crippen LogP contribution in [0, 0.1) is 11.7 Å². The van der Waals surface area contributed by atoms with Crippen molar-refractivity contribution in [1.82, 2.24) is 4.72 Å². The van der Waals surface area contributed by atoms with Crippen LogP contribution in [0.3, 0.4) is 0 Å². The molecule has 0 saturated heterocycles. The van der Waals surface area contributed by atoms with Gasteiger partial charge in [0.1, 0.15) is 5.82 Å². The molecule has 1 unspecified atom stereocenters. The van der Waals surface area contributed by atoms with Gasteiger partial charge in [0.05, 0.1) is 11.5 Å². The first-order valence-corrected chi connectivity index (χ1v) is 8.25. The third-order valence-corrected chi connectivity index (χ3v) is 5.23. The monoisotopic (exact) mass is 303 g/mol. The Morgan fingerprint density at radius 2 is 1.90 bits per heavy atom. The first kappa shape index (κ1) is 17.1. The number of hydrogen-bond acceptors (Lipinski definition) is 3. The van der Waals surface area contributed by atoms with Crippen LogP contribution in [0.25, 0.3) is 0 Å². The van der Waals surface area contributed by atoms with Gasteiger partial charge in [0.15, 0.2) is 0 Å². The average Bonchev–Trinajstić information content (AvgIpc) is 2.39. The number of benzene rings is 1. The minimum absolute atomic E-state index is 0.190. The molecule has 1 rings (SSSR count). The number of halogens is 1. The van der Waals surface area contributed by atoms with E-state index in [-0.39, 0.29) is 22.4 Å². The highest BCUT2D eigenvalue weighted by molar-refractivity contribution is 7.89. The van der Waals surface area contributed by atoms with Gasteiger partial charge in [-0.3, -0.25) is 0 Å². The highest BCUT2D eigenvalue weighted by Gasteiger charge is 2.24. The summed E-state index contributed by atoms with van der Waals surface area (Å²) in [5, 5.41) is 9.19. The fourth-order valence-corrected chi connectivity index (χ4v) is 3.86. The van der Waals surface area contributed by atoms with Crippen molar-refractivity contribution in [1.29, 1.82) is 0 Å². The first-order valence-electron chi connectivity index (χ1n) is 6.77. The summed E-state index contributed by atoms with van der Waals surface area (Å²) in [6.45, 7) is 5.35. The van der Waals surface area contributed by atoms with Crippen molar-refractivity contribution >= 4 is 10.0 Å². The second-order valence-corrected chi connectivity index (χ2v) is 6.58. The summed E-state index contributed by atoms with van der Waals surface area (Å²) >= 11 is 0. The van der Waals surface area contributed by atoms with Crippen molar-refractivity contribution in [2.24, 2.45) is 5.92 Å². The summed E-state index contributed by atoms with van der Waals surface area (Å²) in [5.74, 6) is -0.423. The SMILES string of the molecule is CCC(CC)C(C)NS(=O)(=O)c1cc(F)ccc1CO. The van der Waals surface area contributed by atoms with Gasteiger partial charge in [0, 0.05) is 6.04 Å². The van der Waals surface area contributed by atoms with Gasteiger partial charge in [-0.2, -0.15) is 0 Å². The van der Waals surface area contributed by atoms with E-state index in [9.17, 15) is 17.9 Å². The molecule has 114 valence electrons. The highest BCUT2D eigenvalue weighted by atomic mass is 32.2. The molecule has 0 aromatic heterocycles. The molecule has 0 radical (unpaired) electrons. The molecule has 0 fully saturated rings. The van der Waals surface area contributed by atoms with Gasteiger partial charge in [-0.25, -0.2) is 17.5 Å². The molecule has 0 spiro atoms. The van der Waals surface area contributed by atoms with Crippen LogP contribution in [0.1, 0.15) is 39.2 Å². The summed E-state index contributed by atoms with van der Waals surface area (Å²) in [5.41, 5.74) is 0.190. The molecule has 0 aliphatic carbocycles. The van der Waals surface area contributed by atoms with E-state index in [1.54, 1.807) is 6.92 Å². The van der Waals surface area contributed by atoms with Crippen molar-refractivity contribution in [3.63, 3.8) is 0 Å². The lowest BCUT2D eigenvalue weighted by Crippen LogP contribution is -2.38. The van der Waals surface area contributed by atoms with E-state index in [1.807, 2.05) is 13.8 Å². The Bertz CT molecular complexity index is 541. The quantitative estimate of drug-likeness (QED) is 0.813. The van der Waals surface area contributed by atoms with Gasteiger partial charge < -0.3 is 5.11 Å². The first-order chi connectivity index (χ1) is 9.35. The average molecular weight is 303 g/mol. The Labute approximate surface area is 120 Å². The maximum Gasteiger partial charge on any atom is 0.241 e. The van der Waals surface area contributed by atoms with E-state index in [2.05, 4.69) is 4.72 Å². The van der Waals surface area contributed by atoms with Crippen molar-refractivity contribution in [3.8, 4) is 0 Å². The van der Waals surface area contributed by atoms with Crippen LogP contribution < -0.4 is 4.72 Å². The predicted molar refractivity (Wildman–Crippen MR) is 76.2 cm³/mol. The van der Waals surface area contributed by atoms with E-state index in [0.29, 0.717) is 0 Å². The van der Waals surface area contributed by atoms with Crippen LogP contribution in [0.15, 0.2) is 23.1 Å². The lowest BCUT2D eigenvalue weighted by Gasteiger charge is -2.23. The van der Waals surface area contributed by atoms with Crippen LogP contribution in [0.2, 0.25) is 0 Å². The standard InChI is InChI=1S/C14H22FNO3S/c1-4-11(5-2)10(3)16-20(18,19)14-8-13(15)7-6-12(14)9-17/h6-8,10-11,16-17H,4-5,9H2,1-3H3. The Hall–Kier alpha value is -0.980. The summed E-state index contributed by atoms with van der Waals surface area (Å²) < 4.78 is 40.5. The zero-order chi connectivity index (χ0) is 15.3. The summed E-state index contributed by atoms with van der Waals surface area (Å²) in [4.78, 5) is -0.196. The number of rotatable bonds is 7. The van der Waals surface area contributed by atoms with Crippen LogP contribution in [0.4, 0.5) is 4.39 Å². The maximum atomic E-state index is 13.3. The predicted octanol–water partition coefficient (Wildman–Crippen LogP) is 2.42. The molecular weight excluding hydrogens is 281 g/mol. The van der Waals surface area contributed by atoms with Gasteiger partial charge in [0.25, 0.3) is 0 Å². The second-order valence-electron chi connectivity index (χ2n) is 4.90. The fraction of sp³-hybridized carbons (Fsp3) is 0.571. The molecular formula is C14H22FNO3S. The molecule has 6 heteroatoms. The topological polar surface area (TPSA) is 66.4 Å². The minimum atomic E-state index is -3.84. The molecule has 0 aliphatic rings. The third-order valence-electron chi connectivity index (χ3n) is 3.59. The molecule has 0 aliphatic heterocycles. The molecule has 0 heterocycles. The fourth-order valence-electron chi connectivity index (χ4n) is 2.31. The summed E-state index contributed by atoms with van der Waals surface area (Å²) in [6.07, 6.45) is 1.71. The number of hydrogen-bond donors (Lipinski definition) is 2. The molecule has 1 aromatic rings. The normalized spacial score (nSPS) is 13.7. The van der Waals surface area contributed by atoms with E-state index in [1.165, 1.54) is 6.07 Å². The molecule has 0 saturated carbocycles. The van der Waals surface area contributed by atoms with Crippen molar-refractivity contribution in [2.75, 3.05) is 0 Å². The summed E-state index contributed by atoms with van der Waals surface area (Å²) in [7, 11) is -3.84. The maximum absolute atomic E-state index is 13.3. The van der Waals surface area contributed by atoms with Gasteiger partial charge in [0.2, 0.25) is 10.0 Å². The van der Waals surface area contributed by atoms with Gasteiger partial charge >= 0.3 is 0 Å². The van der Waals surface area contributed by atoms with Crippen LogP contribution in [-0.2, 0) is 16.6 Å². The molecule has 1 aromatic carbocycles. The minimum Gasteiger partial charge on any atom is -0.392 e. The third kappa shape index (κ3) is 4.01. The smallest absolute Gasteiger partial charge is 0.241 e. The molecule has 2 N–H and O–H groups in total. The largest absolute Gasteiger partial charge is 0.392 e. The Morgan fingerprint density at radius 3 is 2.40 bits per heavy atom. The number of nitrogens with one attached hydrogen (secondary N) is 1. The molecule has 0 bridgehead atoms. The zero-order valence-electron chi connectivity index (χ0n) is 12.1. The van der Waals surface area contributed by atoms with Crippen molar-refractivity contribution in [2.45, 2.75) is 51.2 Å². The molecule has 0 amide bonds. The van der Waals surface area contributed by atoms with E-state index in [4.69, 9.17) is 0 Å². The number of aliphatic hydroxyl groups is 1. The number of aliphatic hydroxyl groups excluding tert-OH is 1. The molecule has 4 nitrogen and oxygen atoms in total. The molecule has 1 atom stereocenters. The Kier molecular flexibility index (Phi) is 6.10. The molecule has 20 heavy (non-hydrogen) atoms.